The number of methoxy groups -OCH3 is 1. The second-order valence-corrected chi connectivity index (χ2v) is 13.7. The monoisotopic (exact) mass is 534 g/mol. The van der Waals surface area contributed by atoms with Crippen LogP contribution < -0.4 is 0 Å². The number of aliphatic hydroxyl groups is 3. The fourth-order valence-electron chi connectivity index (χ4n) is 10.1. The molecule has 4 aliphatic carbocycles. The Bertz CT molecular complexity index is 983. The lowest BCUT2D eigenvalue weighted by atomic mass is 9.41. The SMILES string of the molecule is CO[C@@H]1C[C@@H](O[C@H]2CC[C@@]3(C)[C@H](CC[C@]4(O)[C@@H]3CC[C@]3(C)[C@@H](C5=CCOC5=O)CC[C@@]34O)C2)O[C@H](C)[C@@H]1O. The maximum Gasteiger partial charge on any atom is 0.334 e. The third kappa shape index (κ3) is 3.66. The van der Waals surface area contributed by atoms with Gasteiger partial charge < -0.3 is 34.3 Å². The maximum atomic E-state index is 12.5. The van der Waals surface area contributed by atoms with Gasteiger partial charge >= 0.3 is 5.97 Å². The van der Waals surface area contributed by atoms with Gasteiger partial charge in [0.1, 0.15) is 12.7 Å². The fraction of sp³-hybridized carbons (Fsp3) is 0.900. The van der Waals surface area contributed by atoms with Crippen molar-refractivity contribution in [1.82, 2.24) is 0 Å². The molecule has 38 heavy (non-hydrogen) atoms. The molecule has 0 amide bonds. The van der Waals surface area contributed by atoms with Gasteiger partial charge in [-0.2, -0.15) is 0 Å². The maximum absolute atomic E-state index is 12.5. The van der Waals surface area contributed by atoms with Gasteiger partial charge in [-0.25, -0.2) is 4.79 Å². The average Bonchev–Trinajstić information content (AvgIpc) is 3.42. The highest BCUT2D eigenvalue weighted by Crippen LogP contribution is 2.71. The predicted octanol–water partition coefficient (Wildman–Crippen LogP) is 3.25. The molecule has 2 aliphatic heterocycles. The predicted molar refractivity (Wildman–Crippen MR) is 138 cm³/mol. The number of rotatable bonds is 4. The fourth-order valence-corrected chi connectivity index (χ4v) is 10.1. The van der Waals surface area contributed by atoms with Crippen LogP contribution in [0.5, 0.6) is 0 Å². The van der Waals surface area contributed by atoms with Crippen molar-refractivity contribution in [3.8, 4) is 0 Å². The molecule has 0 aromatic heterocycles. The number of ether oxygens (including phenoxy) is 4. The summed E-state index contributed by atoms with van der Waals surface area (Å²) in [7, 11) is 1.62. The average molecular weight is 535 g/mol. The zero-order valence-corrected chi connectivity index (χ0v) is 23.4. The summed E-state index contributed by atoms with van der Waals surface area (Å²) in [6, 6.07) is 0. The van der Waals surface area contributed by atoms with Gasteiger partial charge in [0.05, 0.1) is 29.5 Å². The second-order valence-electron chi connectivity index (χ2n) is 13.7. The van der Waals surface area contributed by atoms with Crippen molar-refractivity contribution in [2.75, 3.05) is 13.7 Å². The summed E-state index contributed by atoms with van der Waals surface area (Å²) in [6.45, 7) is 6.59. The number of hydrogen-bond donors (Lipinski definition) is 3. The molecule has 0 unspecified atom stereocenters. The molecule has 8 nitrogen and oxygen atoms in total. The van der Waals surface area contributed by atoms with Crippen molar-refractivity contribution in [2.45, 2.75) is 127 Å². The van der Waals surface area contributed by atoms with E-state index in [1.54, 1.807) is 7.11 Å². The molecule has 3 N–H and O–H groups in total. The molecule has 12 atom stereocenters. The Hall–Kier alpha value is -1.03. The highest BCUT2D eigenvalue weighted by Gasteiger charge is 2.74. The van der Waals surface area contributed by atoms with Crippen LogP contribution in [0.3, 0.4) is 0 Å². The van der Waals surface area contributed by atoms with Gasteiger partial charge in [0, 0.05) is 24.5 Å². The van der Waals surface area contributed by atoms with E-state index in [1.165, 1.54) is 0 Å². The van der Waals surface area contributed by atoms with Crippen LogP contribution in [0.15, 0.2) is 11.6 Å². The first-order valence-electron chi connectivity index (χ1n) is 14.8. The summed E-state index contributed by atoms with van der Waals surface area (Å²) in [6.07, 6.45) is 7.79. The highest BCUT2D eigenvalue weighted by atomic mass is 16.7. The van der Waals surface area contributed by atoms with Gasteiger partial charge in [0.15, 0.2) is 6.29 Å². The van der Waals surface area contributed by atoms with Crippen LogP contribution in [0, 0.1) is 28.6 Å². The molecule has 214 valence electrons. The summed E-state index contributed by atoms with van der Waals surface area (Å²) < 4.78 is 23.1. The minimum Gasteiger partial charge on any atom is -0.458 e. The van der Waals surface area contributed by atoms with E-state index in [2.05, 4.69) is 13.8 Å². The van der Waals surface area contributed by atoms with Gasteiger partial charge in [-0.05, 0) is 94.0 Å². The third-order valence-corrected chi connectivity index (χ3v) is 12.3. The summed E-state index contributed by atoms with van der Waals surface area (Å²) in [5, 5.41) is 35.2. The van der Waals surface area contributed by atoms with E-state index in [-0.39, 0.29) is 41.5 Å². The Balaban J connectivity index is 1.18. The molecule has 4 saturated carbocycles. The van der Waals surface area contributed by atoms with Gasteiger partial charge in [0.25, 0.3) is 0 Å². The molecule has 1 saturated heterocycles. The van der Waals surface area contributed by atoms with Crippen molar-refractivity contribution < 1.29 is 39.1 Å². The van der Waals surface area contributed by atoms with E-state index in [9.17, 15) is 20.1 Å². The minimum atomic E-state index is -1.22. The van der Waals surface area contributed by atoms with Crippen molar-refractivity contribution in [1.29, 1.82) is 0 Å². The number of carbonyl (C=O) groups is 1. The number of cyclic esters (lactones) is 1. The van der Waals surface area contributed by atoms with Crippen LogP contribution in [0.25, 0.3) is 0 Å². The quantitative estimate of drug-likeness (QED) is 0.372. The van der Waals surface area contributed by atoms with Crippen molar-refractivity contribution in [3.05, 3.63) is 11.6 Å². The second kappa shape index (κ2) is 9.25. The summed E-state index contributed by atoms with van der Waals surface area (Å²) in [5.41, 5.74) is -2.32. The van der Waals surface area contributed by atoms with Gasteiger partial charge in [-0.1, -0.05) is 13.8 Å². The van der Waals surface area contributed by atoms with E-state index >= 15 is 0 Å². The van der Waals surface area contributed by atoms with E-state index < -0.39 is 29.0 Å². The third-order valence-electron chi connectivity index (χ3n) is 12.3. The molecule has 0 spiro atoms. The molecule has 5 fully saturated rings. The van der Waals surface area contributed by atoms with Crippen LogP contribution >= 0.6 is 0 Å². The highest BCUT2D eigenvalue weighted by molar-refractivity contribution is 5.91. The Morgan fingerprint density at radius 2 is 1.82 bits per heavy atom. The Morgan fingerprint density at radius 3 is 2.53 bits per heavy atom. The molecule has 8 heteroatoms. The molecule has 6 aliphatic rings. The van der Waals surface area contributed by atoms with Crippen LogP contribution in [0.4, 0.5) is 0 Å². The lowest BCUT2D eigenvalue weighted by molar-refractivity contribution is -0.304. The topological polar surface area (TPSA) is 115 Å². The molecular formula is C30H46O8. The van der Waals surface area contributed by atoms with E-state index in [0.29, 0.717) is 43.8 Å². The smallest absolute Gasteiger partial charge is 0.334 e. The molecule has 0 aromatic rings. The zero-order chi connectivity index (χ0) is 27.1. The minimum absolute atomic E-state index is 0.00926. The Labute approximate surface area is 226 Å². The molecule has 0 radical (unpaired) electrons. The lowest BCUT2D eigenvalue weighted by Gasteiger charge is -2.67. The van der Waals surface area contributed by atoms with E-state index in [4.69, 9.17) is 18.9 Å². The van der Waals surface area contributed by atoms with Crippen LogP contribution in [0.1, 0.15) is 85.0 Å². The molecule has 6 rings (SSSR count). The molecule has 0 bridgehead atoms. The van der Waals surface area contributed by atoms with Crippen molar-refractivity contribution in [2.24, 2.45) is 28.6 Å². The Morgan fingerprint density at radius 1 is 1.03 bits per heavy atom. The first-order valence-corrected chi connectivity index (χ1v) is 14.8. The molecule has 2 heterocycles. The molecular weight excluding hydrogens is 488 g/mol. The first kappa shape index (κ1) is 27.2. The van der Waals surface area contributed by atoms with Gasteiger partial charge in [-0.3, -0.25) is 0 Å². The standard InChI is InChI=1S/C30H46O8/c1-17-25(31)22(35-4)16-24(37-17)38-19-6-10-27(2)18(15-19)5-12-29(33)23(27)8-11-28(3)21(7-13-30(28,29)34)20-9-14-36-26(20)32/h9,17-19,21-25,31,33-34H,5-8,10-16H2,1-4H3/t17-,18-,19+,21-,22-,23-,24-,25+,27+,28-,29+,30-/m1/s1. The number of esters is 1. The van der Waals surface area contributed by atoms with Gasteiger partial charge in [-0.15, -0.1) is 0 Å². The van der Waals surface area contributed by atoms with Crippen LogP contribution in [-0.4, -0.2) is 76.9 Å². The summed E-state index contributed by atoms with van der Waals surface area (Å²) in [5.74, 6) is 0.0738. The lowest BCUT2D eigenvalue weighted by Crippen LogP contribution is -2.73. The van der Waals surface area contributed by atoms with Gasteiger partial charge in [0.2, 0.25) is 0 Å². The normalized spacial score (nSPS) is 54.5. The Kier molecular flexibility index (Phi) is 6.61. The number of carbonyl (C=O) groups excluding carboxylic acids is 1. The molecule has 0 aromatic carbocycles. The first-order chi connectivity index (χ1) is 18.0. The van der Waals surface area contributed by atoms with Crippen molar-refractivity contribution >= 4 is 5.97 Å². The van der Waals surface area contributed by atoms with Crippen LogP contribution in [-0.2, 0) is 23.7 Å². The van der Waals surface area contributed by atoms with Crippen LogP contribution in [0.2, 0.25) is 0 Å². The largest absolute Gasteiger partial charge is 0.458 e. The van der Waals surface area contributed by atoms with E-state index in [0.717, 1.165) is 38.5 Å². The van der Waals surface area contributed by atoms with Crippen molar-refractivity contribution in [3.63, 3.8) is 0 Å². The number of hydrogen-bond acceptors (Lipinski definition) is 8. The summed E-state index contributed by atoms with van der Waals surface area (Å²) >= 11 is 0. The number of aliphatic hydroxyl groups excluding tert-OH is 1. The van der Waals surface area contributed by atoms with E-state index in [1.807, 2.05) is 13.0 Å². The summed E-state index contributed by atoms with van der Waals surface area (Å²) in [4.78, 5) is 12.5. The zero-order valence-electron chi connectivity index (χ0n) is 23.4. The number of fused-ring (bicyclic) bond motifs is 5.